The SMILES string of the molecule is CCc1ccsc1-c1ocnc1CNC(C)C. The van der Waals surface area contributed by atoms with Crippen LogP contribution in [0.3, 0.4) is 0 Å². The van der Waals surface area contributed by atoms with Crippen molar-refractivity contribution in [2.24, 2.45) is 0 Å². The standard InChI is InChI=1S/C13H18N2OS/c1-4-10-5-6-17-13(10)12-11(15-8-16-12)7-14-9(2)3/h5-6,8-9,14H,4,7H2,1-3H3. The third-order valence-electron chi connectivity index (χ3n) is 2.65. The Morgan fingerprint density at radius 3 is 3.00 bits per heavy atom. The Balaban J connectivity index is 2.24. The van der Waals surface area contributed by atoms with Gasteiger partial charge in [0.15, 0.2) is 12.2 Å². The van der Waals surface area contributed by atoms with E-state index in [1.54, 1.807) is 11.3 Å². The van der Waals surface area contributed by atoms with Crippen LogP contribution in [0.2, 0.25) is 0 Å². The average Bonchev–Trinajstić information content (AvgIpc) is 2.93. The fourth-order valence-electron chi connectivity index (χ4n) is 1.69. The molecular weight excluding hydrogens is 232 g/mol. The predicted octanol–water partition coefficient (Wildman–Crippen LogP) is 3.46. The van der Waals surface area contributed by atoms with Crippen molar-refractivity contribution in [3.8, 4) is 10.6 Å². The molecule has 0 amide bonds. The molecule has 2 heterocycles. The molecule has 1 N–H and O–H groups in total. The van der Waals surface area contributed by atoms with Crippen molar-refractivity contribution in [3.63, 3.8) is 0 Å². The minimum absolute atomic E-state index is 0.452. The zero-order valence-corrected chi connectivity index (χ0v) is 11.3. The fraction of sp³-hybridized carbons (Fsp3) is 0.462. The first-order valence-electron chi connectivity index (χ1n) is 5.94. The van der Waals surface area contributed by atoms with E-state index in [1.807, 2.05) is 0 Å². The zero-order chi connectivity index (χ0) is 12.3. The van der Waals surface area contributed by atoms with Crippen LogP contribution in [-0.4, -0.2) is 11.0 Å². The van der Waals surface area contributed by atoms with Crippen LogP contribution in [0.5, 0.6) is 0 Å². The highest BCUT2D eigenvalue weighted by molar-refractivity contribution is 7.13. The van der Waals surface area contributed by atoms with Gasteiger partial charge in [-0.1, -0.05) is 20.8 Å². The average molecular weight is 250 g/mol. The van der Waals surface area contributed by atoms with E-state index in [0.717, 1.165) is 24.4 Å². The summed E-state index contributed by atoms with van der Waals surface area (Å²) in [5.41, 5.74) is 2.33. The van der Waals surface area contributed by atoms with Gasteiger partial charge >= 0.3 is 0 Å². The van der Waals surface area contributed by atoms with E-state index < -0.39 is 0 Å². The van der Waals surface area contributed by atoms with Crippen LogP contribution >= 0.6 is 11.3 Å². The summed E-state index contributed by atoms with van der Waals surface area (Å²) < 4.78 is 5.54. The first kappa shape index (κ1) is 12.3. The highest BCUT2D eigenvalue weighted by Crippen LogP contribution is 2.32. The quantitative estimate of drug-likeness (QED) is 0.883. The van der Waals surface area contributed by atoms with Gasteiger partial charge in [-0.3, -0.25) is 0 Å². The van der Waals surface area contributed by atoms with Gasteiger partial charge in [-0.2, -0.15) is 0 Å². The molecule has 2 aromatic rings. The van der Waals surface area contributed by atoms with Crippen LogP contribution in [0.1, 0.15) is 32.0 Å². The molecule has 0 unspecified atom stereocenters. The molecule has 0 fully saturated rings. The van der Waals surface area contributed by atoms with E-state index in [0.29, 0.717) is 6.04 Å². The van der Waals surface area contributed by atoms with Crippen molar-refractivity contribution in [2.75, 3.05) is 0 Å². The van der Waals surface area contributed by atoms with Gasteiger partial charge in [0.2, 0.25) is 0 Å². The van der Waals surface area contributed by atoms with Crippen LogP contribution in [0.4, 0.5) is 0 Å². The largest absolute Gasteiger partial charge is 0.442 e. The second-order valence-corrected chi connectivity index (χ2v) is 5.21. The number of aryl methyl sites for hydroxylation is 1. The molecule has 92 valence electrons. The van der Waals surface area contributed by atoms with Gasteiger partial charge in [0.1, 0.15) is 5.69 Å². The smallest absolute Gasteiger partial charge is 0.181 e. The Kier molecular flexibility index (Phi) is 3.97. The van der Waals surface area contributed by atoms with Crippen LogP contribution in [0, 0.1) is 0 Å². The highest BCUT2D eigenvalue weighted by Gasteiger charge is 2.15. The van der Waals surface area contributed by atoms with Gasteiger partial charge in [0.25, 0.3) is 0 Å². The van der Waals surface area contributed by atoms with Gasteiger partial charge in [-0.15, -0.1) is 11.3 Å². The summed E-state index contributed by atoms with van der Waals surface area (Å²) in [6.45, 7) is 7.17. The van der Waals surface area contributed by atoms with Gasteiger partial charge in [-0.05, 0) is 23.4 Å². The number of rotatable bonds is 5. The molecule has 0 bridgehead atoms. The number of thiophene rings is 1. The molecule has 0 aliphatic rings. The lowest BCUT2D eigenvalue weighted by atomic mass is 10.1. The van der Waals surface area contributed by atoms with Crippen molar-refractivity contribution >= 4 is 11.3 Å². The van der Waals surface area contributed by atoms with Crippen molar-refractivity contribution in [2.45, 2.75) is 39.8 Å². The molecule has 4 heteroatoms. The summed E-state index contributed by atoms with van der Waals surface area (Å²) in [6, 6.07) is 2.61. The van der Waals surface area contributed by atoms with E-state index in [9.17, 15) is 0 Å². The summed E-state index contributed by atoms with van der Waals surface area (Å²) in [5, 5.41) is 5.48. The maximum absolute atomic E-state index is 5.54. The summed E-state index contributed by atoms with van der Waals surface area (Å²) in [5.74, 6) is 0.921. The molecule has 0 saturated heterocycles. The number of nitrogens with zero attached hydrogens (tertiary/aromatic N) is 1. The van der Waals surface area contributed by atoms with Crippen LogP contribution in [0.25, 0.3) is 10.6 Å². The topological polar surface area (TPSA) is 38.1 Å². The Hall–Kier alpha value is -1.13. The first-order chi connectivity index (χ1) is 8.22. The molecule has 3 nitrogen and oxygen atoms in total. The van der Waals surface area contributed by atoms with E-state index >= 15 is 0 Å². The Labute approximate surface area is 106 Å². The van der Waals surface area contributed by atoms with Gasteiger partial charge in [0, 0.05) is 12.6 Å². The molecule has 0 aliphatic heterocycles. The fourth-order valence-corrected chi connectivity index (χ4v) is 2.70. The van der Waals surface area contributed by atoms with Crippen molar-refractivity contribution in [1.82, 2.24) is 10.3 Å². The summed E-state index contributed by atoms with van der Waals surface area (Å²) in [7, 11) is 0. The third-order valence-corrected chi connectivity index (χ3v) is 3.61. The number of hydrogen-bond donors (Lipinski definition) is 1. The maximum Gasteiger partial charge on any atom is 0.181 e. The molecule has 17 heavy (non-hydrogen) atoms. The molecule has 0 aromatic carbocycles. The normalized spacial score (nSPS) is 11.3. The third kappa shape index (κ3) is 2.76. The molecule has 0 atom stereocenters. The van der Waals surface area contributed by atoms with Gasteiger partial charge < -0.3 is 9.73 Å². The zero-order valence-electron chi connectivity index (χ0n) is 10.5. The Morgan fingerprint density at radius 1 is 1.47 bits per heavy atom. The molecule has 2 rings (SSSR count). The highest BCUT2D eigenvalue weighted by atomic mass is 32.1. The minimum Gasteiger partial charge on any atom is -0.442 e. The van der Waals surface area contributed by atoms with Crippen molar-refractivity contribution in [3.05, 3.63) is 29.1 Å². The predicted molar refractivity (Wildman–Crippen MR) is 71.2 cm³/mol. The lowest BCUT2D eigenvalue weighted by molar-refractivity contribution is 0.563. The van der Waals surface area contributed by atoms with Crippen LogP contribution in [0.15, 0.2) is 22.3 Å². The lowest BCUT2D eigenvalue weighted by Crippen LogP contribution is -2.22. The Bertz CT molecular complexity index is 473. The molecule has 0 saturated carbocycles. The second kappa shape index (κ2) is 5.47. The summed E-state index contributed by atoms with van der Waals surface area (Å²) >= 11 is 1.72. The van der Waals surface area contributed by atoms with E-state index in [2.05, 4.69) is 42.5 Å². The minimum atomic E-state index is 0.452. The second-order valence-electron chi connectivity index (χ2n) is 4.29. The van der Waals surface area contributed by atoms with Crippen molar-refractivity contribution in [1.29, 1.82) is 0 Å². The number of nitrogens with one attached hydrogen (secondary N) is 1. The monoisotopic (exact) mass is 250 g/mol. The van der Waals surface area contributed by atoms with Crippen LogP contribution in [-0.2, 0) is 13.0 Å². The number of aromatic nitrogens is 1. The molecular formula is C13H18N2OS. The van der Waals surface area contributed by atoms with Gasteiger partial charge in [0.05, 0.1) is 4.88 Å². The van der Waals surface area contributed by atoms with Crippen LogP contribution < -0.4 is 5.32 Å². The van der Waals surface area contributed by atoms with E-state index in [-0.39, 0.29) is 0 Å². The summed E-state index contributed by atoms with van der Waals surface area (Å²) in [6.07, 6.45) is 2.56. The van der Waals surface area contributed by atoms with Crippen molar-refractivity contribution < 1.29 is 4.42 Å². The van der Waals surface area contributed by atoms with E-state index in [4.69, 9.17) is 4.42 Å². The molecule has 2 aromatic heterocycles. The summed E-state index contributed by atoms with van der Waals surface area (Å²) in [4.78, 5) is 5.51. The number of oxazole rings is 1. The molecule has 0 radical (unpaired) electrons. The first-order valence-corrected chi connectivity index (χ1v) is 6.82. The maximum atomic E-state index is 5.54. The number of hydrogen-bond acceptors (Lipinski definition) is 4. The molecule has 0 aliphatic carbocycles. The lowest BCUT2D eigenvalue weighted by Gasteiger charge is -2.06. The van der Waals surface area contributed by atoms with E-state index in [1.165, 1.54) is 16.8 Å². The molecule has 0 spiro atoms. The van der Waals surface area contributed by atoms with Gasteiger partial charge in [-0.25, -0.2) is 4.98 Å². The Morgan fingerprint density at radius 2 is 2.29 bits per heavy atom.